The van der Waals surface area contributed by atoms with E-state index in [0.717, 1.165) is 18.7 Å². The molecule has 3 aliphatic rings. The minimum absolute atomic E-state index is 0.210. The second-order valence-corrected chi connectivity index (χ2v) is 6.66. The maximum absolute atomic E-state index is 12.0. The van der Waals surface area contributed by atoms with E-state index in [1.165, 1.54) is 5.69 Å². The lowest BCUT2D eigenvalue weighted by atomic mass is 9.64. The van der Waals surface area contributed by atoms with Gasteiger partial charge in [-0.1, -0.05) is 13.8 Å². The summed E-state index contributed by atoms with van der Waals surface area (Å²) < 4.78 is 5.50. The van der Waals surface area contributed by atoms with E-state index in [1.807, 2.05) is 19.1 Å². The molecule has 3 nitrogen and oxygen atoms in total. The van der Waals surface area contributed by atoms with Gasteiger partial charge >= 0.3 is 0 Å². The first-order valence-electron chi connectivity index (χ1n) is 7.53. The van der Waals surface area contributed by atoms with Crippen molar-refractivity contribution in [3.8, 4) is 5.75 Å². The number of Topliss-reactive ketones (excluding diaryl/α,β-unsaturated/α-hetero) is 1. The number of hydrogen-bond acceptors (Lipinski definition) is 3. The van der Waals surface area contributed by atoms with Gasteiger partial charge in [0.05, 0.1) is 6.61 Å². The van der Waals surface area contributed by atoms with E-state index in [1.54, 1.807) is 0 Å². The SMILES string of the molecule is CCOc1ccc(N2C[C@@H]3CC(C)(C)C2CC3=O)cc1. The van der Waals surface area contributed by atoms with Crippen molar-refractivity contribution in [2.45, 2.75) is 39.7 Å². The molecule has 2 atom stereocenters. The van der Waals surface area contributed by atoms with Gasteiger partial charge in [-0.2, -0.15) is 0 Å². The standard InChI is InChI=1S/C17H23NO2/c1-4-20-14-7-5-13(6-8-14)18-11-12-10-17(2,3)16(18)9-15(12)19/h5-8,12,16H,4,9-11H2,1-3H3/t12-,16?/m0/s1. The monoisotopic (exact) mass is 273 g/mol. The van der Waals surface area contributed by atoms with E-state index < -0.39 is 0 Å². The van der Waals surface area contributed by atoms with Crippen LogP contribution in [0.3, 0.4) is 0 Å². The quantitative estimate of drug-likeness (QED) is 0.846. The second-order valence-electron chi connectivity index (χ2n) is 6.66. The molecule has 3 heteroatoms. The zero-order valence-electron chi connectivity index (χ0n) is 12.6. The number of anilines is 1. The van der Waals surface area contributed by atoms with Crippen molar-refractivity contribution < 1.29 is 9.53 Å². The van der Waals surface area contributed by atoms with Crippen LogP contribution in [-0.4, -0.2) is 25.0 Å². The molecule has 0 spiro atoms. The Kier molecular flexibility index (Phi) is 3.23. The molecule has 0 aromatic heterocycles. The molecule has 20 heavy (non-hydrogen) atoms. The van der Waals surface area contributed by atoms with Crippen LogP contribution in [0.15, 0.2) is 24.3 Å². The molecule has 1 saturated carbocycles. The van der Waals surface area contributed by atoms with Crippen LogP contribution in [0.4, 0.5) is 5.69 Å². The molecule has 2 bridgehead atoms. The molecule has 2 heterocycles. The maximum atomic E-state index is 12.0. The van der Waals surface area contributed by atoms with Crippen LogP contribution in [0.2, 0.25) is 0 Å². The van der Waals surface area contributed by atoms with Crippen molar-refractivity contribution >= 4 is 11.5 Å². The summed E-state index contributed by atoms with van der Waals surface area (Å²) >= 11 is 0. The molecule has 1 unspecified atom stereocenters. The molecule has 4 rings (SSSR count). The summed E-state index contributed by atoms with van der Waals surface area (Å²) in [6, 6.07) is 8.61. The van der Waals surface area contributed by atoms with Crippen LogP contribution in [0, 0.1) is 11.3 Å². The van der Waals surface area contributed by atoms with Crippen molar-refractivity contribution in [2.24, 2.45) is 11.3 Å². The molecule has 1 aliphatic carbocycles. The normalized spacial score (nSPS) is 27.8. The Morgan fingerprint density at radius 2 is 2.00 bits per heavy atom. The van der Waals surface area contributed by atoms with Crippen molar-refractivity contribution in [1.82, 2.24) is 0 Å². The van der Waals surface area contributed by atoms with Crippen molar-refractivity contribution in [3.63, 3.8) is 0 Å². The molecular weight excluding hydrogens is 250 g/mol. The Labute approximate surface area is 120 Å². The fourth-order valence-corrected chi connectivity index (χ4v) is 3.77. The zero-order chi connectivity index (χ0) is 14.3. The summed E-state index contributed by atoms with van der Waals surface area (Å²) in [4.78, 5) is 14.4. The van der Waals surface area contributed by atoms with Crippen LogP contribution in [0.25, 0.3) is 0 Å². The summed E-state index contributed by atoms with van der Waals surface area (Å²) in [6.07, 6.45) is 1.73. The molecule has 3 fully saturated rings. The summed E-state index contributed by atoms with van der Waals surface area (Å²) in [7, 11) is 0. The number of carbonyl (C=O) groups is 1. The average Bonchev–Trinajstić information content (AvgIpc) is 2.41. The molecule has 0 N–H and O–H groups in total. The number of piperidine rings is 2. The van der Waals surface area contributed by atoms with Gasteiger partial charge in [0.1, 0.15) is 11.5 Å². The predicted molar refractivity (Wildman–Crippen MR) is 80.3 cm³/mol. The van der Waals surface area contributed by atoms with Crippen molar-refractivity contribution in [1.29, 1.82) is 0 Å². The highest BCUT2D eigenvalue weighted by Crippen LogP contribution is 2.46. The van der Waals surface area contributed by atoms with E-state index in [2.05, 4.69) is 30.9 Å². The van der Waals surface area contributed by atoms with Crippen LogP contribution in [0.1, 0.15) is 33.6 Å². The van der Waals surface area contributed by atoms with Gasteiger partial charge in [0, 0.05) is 30.6 Å². The smallest absolute Gasteiger partial charge is 0.139 e. The lowest BCUT2D eigenvalue weighted by Gasteiger charge is -2.54. The van der Waals surface area contributed by atoms with E-state index in [0.29, 0.717) is 24.9 Å². The Morgan fingerprint density at radius 3 is 2.60 bits per heavy atom. The van der Waals surface area contributed by atoms with Gasteiger partial charge in [0.15, 0.2) is 0 Å². The molecular formula is C17H23NO2. The van der Waals surface area contributed by atoms with Crippen molar-refractivity contribution in [3.05, 3.63) is 24.3 Å². The number of rotatable bonds is 3. The molecule has 0 radical (unpaired) electrons. The predicted octanol–water partition coefficient (Wildman–Crippen LogP) is 3.28. The largest absolute Gasteiger partial charge is 0.494 e. The van der Waals surface area contributed by atoms with Gasteiger partial charge in [-0.05, 0) is 43.0 Å². The van der Waals surface area contributed by atoms with Crippen LogP contribution in [0.5, 0.6) is 5.75 Å². The first kappa shape index (κ1) is 13.5. The number of ketones is 1. The number of ether oxygens (including phenoxy) is 1. The van der Waals surface area contributed by atoms with Gasteiger partial charge in [-0.3, -0.25) is 4.79 Å². The first-order chi connectivity index (χ1) is 9.51. The summed E-state index contributed by atoms with van der Waals surface area (Å²) in [6.45, 7) is 8.14. The maximum Gasteiger partial charge on any atom is 0.139 e. The Balaban J connectivity index is 1.85. The Morgan fingerprint density at radius 1 is 1.30 bits per heavy atom. The molecule has 2 saturated heterocycles. The van der Waals surface area contributed by atoms with E-state index in [-0.39, 0.29) is 11.3 Å². The molecule has 2 aliphatic heterocycles. The van der Waals surface area contributed by atoms with Gasteiger partial charge in [-0.15, -0.1) is 0 Å². The number of hydrogen-bond donors (Lipinski definition) is 0. The van der Waals surface area contributed by atoms with Crippen LogP contribution >= 0.6 is 0 Å². The highest BCUT2D eigenvalue weighted by Gasteiger charge is 2.49. The summed E-state index contributed by atoms with van der Waals surface area (Å²) in [5.74, 6) is 1.58. The van der Waals surface area contributed by atoms with E-state index >= 15 is 0 Å². The van der Waals surface area contributed by atoms with Gasteiger partial charge in [-0.25, -0.2) is 0 Å². The Bertz CT molecular complexity index is 506. The number of benzene rings is 1. The molecule has 1 aromatic carbocycles. The third-order valence-corrected chi connectivity index (χ3v) is 4.80. The third-order valence-electron chi connectivity index (χ3n) is 4.80. The fourth-order valence-electron chi connectivity index (χ4n) is 3.77. The third kappa shape index (κ3) is 2.19. The van der Waals surface area contributed by atoms with Gasteiger partial charge < -0.3 is 9.64 Å². The van der Waals surface area contributed by atoms with Crippen LogP contribution < -0.4 is 9.64 Å². The molecule has 0 amide bonds. The van der Waals surface area contributed by atoms with Crippen molar-refractivity contribution in [2.75, 3.05) is 18.1 Å². The van der Waals surface area contributed by atoms with Gasteiger partial charge in [0.25, 0.3) is 0 Å². The molecule has 1 aromatic rings. The van der Waals surface area contributed by atoms with Crippen LogP contribution in [-0.2, 0) is 4.79 Å². The zero-order valence-corrected chi connectivity index (χ0v) is 12.6. The molecule has 108 valence electrons. The lowest BCUT2D eigenvalue weighted by Crippen LogP contribution is -2.60. The van der Waals surface area contributed by atoms with Gasteiger partial charge in [0.2, 0.25) is 0 Å². The minimum atomic E-state index is 0.210. The highest BCUT2D eigenvalue weighted by molar-refractivity contribution is 5.86. The van der Waals surface area contributed by atoms with E-state index in [4.69, 9.17) is 4.74 Å². The van der Waals surface area contributed by atoms with E-state index in [9.17, 15) is 4.79 Å². The number of carbonyl (C=O) groups excluding carboxylic acids is 1. The minimum Gasteiger partial charge on any atom is -0.494 e. The lowest BCUT2D eigenvalue weighted by molar-refractivity contribution is -0.130. The number of fused-ring (bicyclic) bond motifs is 3. The summed E-state index contributed by atoms with van der Waals surface area (Å²) in [5.41, 5.74) is 1.43. The topological polar surface area (TPSA) is 29.5 Å². The fraction of sp³-hybridized carbons (Fsp3) is 0.588. The second kappa shape index (κ2) is 4.80. The summed E-state index contributed by atoms with van der Waals surface area (Å²) in [5, 5.41) is 0. The average molecular weight is 273 g/mol. The first-order valence-corrected chi connectivity index (χ1v) is 7.53. The highest BCUT2D eigenvalue weighted by atomic mass is 16.5. The Hall–Kier alpha value is -1.51. The number of nitrogens with zero attached hydrogens (tertiary/aromatic N) is 1.